The number of sulfone groups is 1. The lowest BCUT2D eigenvalue weighted by molar-refractivity contribution is 0.478. The molecule has 1 saturated heterocycles. The first-order chi connectivity index (χ1) is 9.51. The first kappa shape index (κ1) is 13.8. The second-order valence-electron chi connectivity index (χ2n) is 5.19. The maximum Gasteiger partial charge on any atom is 0.184 e. The molecule has 0 bridgehead atoms. The highest BCUT2D eigenvalue weighted by Crippen LogP contribution is 2.36. The fourth-order valence-corrected chi connectivity index (χ4v) is 4.16. The Bertz CT molecular complexity index is 624. The third-order valence-corrected chi connectivity index (χ3v) is 6.03. The summed E-state index contributed by atoms with van der Waals surface area (Å²) in [6.45, 7) is 2.54. The normalized spacial score (nSPS) is 20.2. The smallest absolute Gasteiger partial charge is 0.184 e. The van der Waals surface area contributed by atoms with E-state index in [1.807, 2.05) is 0 Å². The van der Waals surface area contributed by atoms with Gasteiger partial charge in [-0.15, -0.1) is 0 Å². The van der Waals surface area contributed by atoms with E-state index in [0.29, 0.717) is 39.0 Å². The number of nitrogens with one attached hydrogen (secondary N) is 1. The van der Waals surface area contributed by atoms with E-state index in [1.54, 1.807) is 4.90 Å². The summed E-state index contributed by atoms with van der Waals surface area (Å²) in [6, 6.07) is 2.57. The second-order valence-corrected chi connectivity index (χ2v) is 7.39. The quantitative estimate of drug-likeness (QED) is 0.915. The number of anilines is 1. The summed E-state index contributed by atoms with van der Waals surface area (Å²) < 4.78 is 52.3. The first-order valence-corrected chi connectivity index (χ1v) is 8.24. The largest absolute Gasteiger partial charge is 0.367 e. The Morgan fingerprint density at radius 1 is 1.10 bits per heavy atom. The molecule has 1 N–H and O–H groups in total. The molecular weight excluding hydrogens is 286 g/mol. The Morgan fingerprint density at radius 2 is 1.75 bits per heavy atom. The van der Waals surface area contributed by atoms with Crippen molar-refractivity contribution in [2.24, 2.45) is 0 Å². The summed E-state index contributed by atoms with van der Waals surface area (Å²) in [5.74, 6) is -2.30. The molecule has 1 aliphatic heterocycles. The van der Waals surface area contributed by atoms with E-state index in [4.69, 9.17) is 0 Å². The molecule has 7 heteroatoms. The zero-order valence-corrected chi connectivity index (χ0v) is 11.7. The molecule has 20 heavy (non-hydrogen) atoms. The number of halogens is 2. The Morgan fingerprint density at radius 3 is 2.35 bits per heavy atom. The molecule has 3 rings (SSSR count). The summed E-state index contributed by atoms with van der Waals surface area (Å²) in [4.78, 5) is 1.22. The van der Waals surface area contributed by atoms with Gasteiger partial charge in [-0.3, -0.25) is 0 Å². The number of piperazine rings is 1. The van der Waals surface area contributed by atoms with Crippen LogP contribution in [-0.2, 0) is 9.84 Å². The fourth-order valence-electron chi connectivity index (χ4n) is 2.45. The van der Waals surface area contributed by atoms with Crippen LogP contribution in [0.2, 0.25) is 0 Å². The van der Waals surface area contributed by atoms with Crippen molar-refractivity contribution in [3.8, 4) is 0 Å². The van der Waals surface area contributed by atoms with Crippen molar-refractivity contribution in [2.45, 2.75) is 23.0 Å². The Hall–Kier alpha value is -1.21. The van der Waals surface area contributed by atoms with Gasteiger partial charge < -0.3 is 10.2 Å². The van der Waals surface area contributed by atoms with Gasteiger partial charge in [0.25, 0.3) is 0 Å². The average Bonchev–Trinajstić information content (AvgIpc) is 3.27. The third-order valence-electron chi connectivity index (χ3n) is 3.75. The molecular formula is C13H16F2N2O2S. The van der Waals surface area contributed by atoms with Gasteiger partial charge in [0.15, 0.2) is 21.5 Å². The molecule has 0 amide bonds. The van der Waals surface area contributed by atoms with Crippen LogP contribution < -0.4 is 10.2 Å². The van der Waals surface area contributed by atoms with E-state index >= 15 is 0 Å². The van der Waals surface area contributed by atoms with E-state index in [9.17, 15) is 17.2 Å². The van der Waals surface area contributed by atoms with Crippen molar-refractivity contribution in [2.75, 3.05) is 31.1 Å². The van der Waals surface area contributed by atoms with Gasteiger partial charge >= 0.3 is 0 Å². The highest BCUT2D eigenvalue weighted by molar-refractivity contribution is 7.92. The van der Waals surface area contributed by atoms with Gasteiger partial charge in [0, 0.05) is 26.2 Å². The highest BCUT2D eigenvalue weighted by Gasteiger charge is 2.39. The topological polar surface area (TPSA) is 49.4 Å². The van der Waals surface area contributed by atoms with E-state index < -0.39 is 31.6 Å². The van der Waals surface area contributed by atoms with E-state index in [2.05, 4.69) is 5.32 Å². The number of hydrogen-bond donors (Lipinski definition) is 1. The Labute approximate surface area is 116 Å². The molecule has 1 aromatic carbocycles. The van der Waals surface area contributed by atoms with Crippen LogP contribution in [0.3, 0.4) is 0 Å². The van der Waals surface area contributed by atoms with Gasteiger partial charge in [0.1, 0.15) is 4.90 Å². The van der Waals surface area contributed by atoms with Crippen molar-refractivity contribution in [3.63, 3.8) is 0 Å². The van der Waals surface area contributed by atoms with Crippen LogP contribution in [-0.4, -0.2) is 39.8 Å². The minimum Gasteiger partial charge on any atom is -0.367 e. The van der Waals surface area contributed by atoms with Gasteiger partial charge in [0.2, 0.25) is 0 Å². The van der Waals surface area contributed by atoms with Crippen LogP contribution in [0, 0.1) is 11.6 Å². The fraction of sp³-hybridized carbons (Fsp3) is 0.538. The van der Waals surface area contributed by atoms with Crippen molar-refractivity contribution < 1.29 is 17.2 Å². The molecule has 0 spiro atoms. The van der Waals surface area contributed by atoms with Gasteiger partial charge in [-0.2, -0.15) is 0 Å². The number of rotatable bonds is 3. The molecule has 1 heterocycles. The molecule has 1 aromatic rings. The number of hydrogen-bond acceptors (Lipinski definition) is 4. The molecule has 110 valence electrons. The van der Waals surface area contributed by atoms with Crippen LogP contribution >= 0.6 is 0 Å². The van der Waals surface area contributed by atoms with Crippen LogP contribution in [0.4, 0.5) is 14.5 Å². The van der Waals surface area contributed by atoms with Crippen LogP contribution in [0.1, 0.15) is 12.8 Å². The van der Waals surface area contributed by atoms with Crippen molar-refractivity contribution in [1.29, 1.82) is 0 Å². The average molecular weight is 302 g/mol. The maximum absolute atomic E-state index is 14.2. The Balaban J connectivity index is 1.98. The lowest BCUT2D eigenvalue weighted by Crippen LogP contribution is -2.44. The molecule has 2 aliphatic rings. The molecule has 0 aromatic heterocycles. The maximum atomic E-state index is 14.2. The van der Waals surface area contributed by atoms with Crippen molar-refractivity contribution in [3.05, 3.63) is 23.8 Å². The van der Waals surface area contributed by atoms with Crippen molar-refractivity contribution in [1.82, 2.24) is 5.32 Å². The first-order valence-electron chi connectivity index (χ1n) is 6.69. The lowest BCUT2D eigenvalue weighted by atomic mass is 10.2. The molecule has 0 radical (unpaired) electrons. The third kappa shape index (κ3) is 2.29. The summed E-state index contributed by atoms with van der Waals surface area (Å²) >= 11 is 0. The molecule has 0 atom stereocenters. The van der Waals surface area contributed by atoms with E-state index in [0.717, 1.165) is 0 Å². The van der Waals surface area contributed by atoms with Crippen LogP contribution in [0.5, 0.6) is 0 Å². The monoisotopic (exact) mass is 302 g/mol. The lowest BCUT2D eigenvalue weighted by Gasteiger charge is -2.29. The Kier molecular flexibility index (Phi) is 3.41. The van der Waals surface area contributed by atoms with E-state index in [-0.39, 0.29) is 5.69 Å². The summed E-state index contributed by atoms with van der Waals surface area (Å²) in [5.41, 5.74) is 0.138. The van der Waals surface area contributed by atoms with Crippen LogP contribution in [0.15, 0.2) is 17.0 Å². The zero-order chi connectivity index (χ0) is 14.3. The number of benzene rings is 1. The van der Waals surface area contributed by atoms with Gasteiger partial charge in [0.05, 0.1) is 10.9 Å². The number of nitrogens with zero attached hydrogens (tertiary/aromatic N) is 1. The molecule has 4 nitrogen and oxygen atoms in total. The van der Waals surface area contributed by atoms with Gasteiger partial charge in [-0.1, -0.05) is 0 Å². The molecule has 1 saturated carbocycles. The summed E-state index contributed by atoms with van der Waals surface area (Å²) in [5, 5.41) is 2.58. The van der Waals surface area contributed by atoms with Gasteiger partial charge in [-0.25, -0.2) is 17.2 Å². The van der Waals surface area contributed by atoms with E-state index in [1.165, 1.54) is 12.1 Å². The second kappa shape index (κ2) is 4.96. The minimum absolute atomic E-state index is 0.138. The van der Waals surface area contributed by atoms with Gasteiger partial charge in [-0.05, 0) is 25.0 Å². The molecule has 2 fully saturated rings. The summed E-state index contributed by atoms with van der Waals surface area (Å²) in [6.07, 6.45) is 1.06. The minimum atomic E-state index is -3.71. The van der Waals surface area contributed by atoms with Crippen molar-refractivity contribution >= 4 is 15.5 Å². The summed E-state index contributed by atoms with van der Waals surface area (Å²) in [7, 11) is -3.71. The van der Waals surface area contributed by atoms with Crippen LogP contribution in [0.25, 0.3) is 0 Å². The molecule has 0 unspecified atom stereocenters. The standard InChI is InChI=1S/C13H16F2N2O2S/c14-12-10(17-7-5-16-6-8-17)3-4-11(13(12)15)20(18,19)9-1-2-9/h3-4,9,16H,1-2,5-8H2. The highest BCUT2D eigenvalue weighted by atomic mass is 32.2. The predicted molar refractivity (Wildman–Crippen MR) is 71.6 cm³/mol. The molecule has 1 aliphatic carbocycles. The SMILES string of the molecule is O=S(=O)(c1ccc(N2CCNCC2)c(F)c1F)C1CC1. The predicted octanol–water partition coefficient (Wildman–Crippen LogP) is 1.31. The zero-order valence-electron chi connectivity index (χ0n) is 10.9.